The van der Waals surface area contributed by atoms with Gasteiger partial charge in [0.2, 0.25) is 0 Å². The Labute approximate surface area is 171 Å². The average Bonchev–Trinajstić information content (AvgIpc) is 2.66. The van der Waals surface area contributed by atoms with E-state index in [1.165, 1.54) is 22.3 Å². The third-order valence-corrected chi connectivity index (χ3v) is 5.37. The van der Waals surface area contributed by atoms with Crippen molar-refractivity contribution in [2.75, 3.05) is 26.5 Å². The van der Waals surface area contributed by atoms with Gasteiger partial charge in [-0.25, -0.2) is 0 Å². The molecular weight excluding hydrogens is 350 g/mol. The van der Waals surface area contributed by atoms with Crippen molar-refractivity contribution >= 4 is 0 Å². The van der Waals surface area contributed by atoms with Gasteiger partial charge in [-0.2, -0.15) is 0 Å². The Balaban J connectivity index is 2.03. The zero-order valence-corrected chi connectivity index (χ0v) is 18.7. The first kappa shape index (κ1) is 22.9. The molecule has 0 amide bonds. The molecule has 0 aliphatic carbocycles. The van der Waals surface area contributed by atoms with Gasteiger partial charge in [-0.15, -0.1) is 0 Å². The Morgan fingerprint density at radius 3 is 2.54 bits per heavy atom. The highest BCUT2D eigenvalue weighted by Gasteiger charge is 2.24. The van der Waals surface area contributed by atoms with E-state index in [9.17, 15) is 0 Å². The molecule has 0 saturated heterocycles. The van der Waals surface area contributed by atoms with Crippen molar-refractivity contribution in [1.82, 2.24) is 4.90 Å². The zero-order valence-electron chi connectivity index (χ0n) is 18.7. The van der Waals surface area contributed by atoms with Gasteiger partial charge in [-0.3, -0.25) is 4.90 Å². The molecule has 0 aromatic heterocycles. The highest BCUT2D eigenvalue weighted by molar-refractivity contribution is 5.48. The van der Waals surface area contributed by atoms with Crippen LogP contribution in [-0.4, -0.2) is 37.7 Å². The lowest BCUT2D eigenvalue weighted by Crippen LogP contribution is -2.36. The first-order chi connectivity index (χ1) is 13.5. The minimum Gasteiger partial charge on any atom is -0.477 e. The van der Waals surface area contributed by atoms with E-state index in [1.54, 1.807) is 0 Å². The van der Waals surface area contributed by atoms with Crippen LogP contribution in [0.3, 0.4) is 0 Å². The van der Waals surface area contributed by atoms with E-state index in [2.05, 4.69) is 50.8 Å². The minimum atomic E-state index is -0.126. The summed E-state index contributed by atoms with van der Waals surface area (Å²) < 4.78 is 17.6. The predicted molar refractivity (Wildman–Crippen MR) is 116 cm³/mol. The Morgan fingerprint density at radius 1 is 1.18 bits per heavy atom. The fraction of sp³-hybridized carbons (Fsp3) is 0.667. The highest BCUT2D eigenvalue weighted by atomic mass is 16.7. The number of hydrogen-bond donors (Lipinski definition) is 0. The van der Waals surface area contributed by atoms with Crippen molar-refractivity contribution in [1.29, 1.82) is 0 Å². The van der Waals surface area contributed by atoms with Gasteiger partial charge < -0.3 is 14.2 Å². The molecule has 28 heavy (non-hydrogen) atoms. The Kier molecular flexibility index (Phi) is 9.49. The Morgan fingerprint density at radius 2 is 1.89 bits per heavy atom. The Bertz CT molecular complexity index is 631. The molecule has 158 valence electrons. The monoisotopic (exact) mass is 389 g/mol. The molecule has 1 aliphatic heterocycles. The maximum atomic E-state index is 6.28. The second-order valence-corrected chi connectivity index (χ2v) is 7.99. The summed E-state index contributed by atoms with van der Waals surface area (Å²) in [5, 5.41) is 0. The number of benzene rings is 1. The van der Waals surface area contributed by atoms with Crippen LogP contribution < -0.4 is 4.74 Å². The van der Waals surface area contributed by atoms with Crippen LogP contribution >= 0.6 is 0 Å². The van der Waals surface area contributed by atoms with Crippen LogP contribution in [-0.2, 0) is 16.0 Å². The van der Waals surface area contributed by atoms with Gasteiger partial charge in [-0.05, 0) is 64.5 Å². The lowest BCUT2D eigenvalue weighted by atomic mass is 9.91. The fourth-order valence-electron chi connectivity index (χ4n) is 3.72. The second kappa shape index (κ2) is 11.6. The second-order valence-electron chi connectivity index (χ2n) is 7.99. The van der Waals surface area contributed by atoms with Crippen LogP contribution in [0.15, 0.2) is 23.8 Å². The quantitative estimate of drug-likeness (QED) is 0.354. The van der Waals surface area contributed by atoms with Crippen molar-refractivity contribution in [2.24, 2.45) is 0 Å². The van der Waals surface area contributed by atoms with Crippen molar-refractivity contribution in [3.05, 3.63) is 40.5 Å². The number of fused-ring (bicyclic) bond motifs is 1. The van der Waals surface area contributed by atoms with E-state index in [0.29, 0.717) is 25.9 Å². The van der Waals surface area contributed by atoms with E-state index in [0.717, 1.165) is 38.1 Å². The molecule has 0 unspecified atom stereocenters. The summed E-state index contributed by atoms with van der Waals surface area (Å²) in [6.07, 6.45) is 5.33. The molecule has 2 rings (SSSR count). The normalized spacial score (nSPS) is 15.2. The highest BCUT2D eigenvalue weighted by Crippen LogP contribution is 2.37. The van der Waals surface area contributed by atoms with Crippen LogP contribution in [0.25, 0.3) is 0 Å². The van der Waals surface area contributed by atoms with Gasteiger partial charge >= 0.3 is 0 Å². The standard InChI is InChI=1S/C24H39NO3/c1-7-26-23(27-8-2)14-15-25-16-22-20(6)12-13-21(24(22)28-17-25)19(5)11-9-10-18(3)4/h10,12-13,19,23H,7-9,11,14-17H2,1-6H3/t19-/m0/s1. The summed E-state index contributed by atoms with van der Waals surface area (Å²) >= 11 is 0. The molecule has 0 bridgehead atoms. The summed E-state index contributed by atoms with van der Waals surface area (Å²) in [5.74, 6) is 1.61. The van der Waals surface area contributed by atoms with E-state index < -0.39 is 0 Å². The van der Waals surface area contributed by atoms with Gasteiger partial charge in [0.15, 0.2) is 6.29 Å². The topological polar surface area (TPSA) is 30.9 Å². The number of ether oxygens (including phenoxy) is 3. The lowest BCUT2D eigenvalue weighted by Gasteiger charge is -2.33. The van der Waals surface area contributed by atoms with E-state index >= 15 is 0 Å². The smallest absolute Gasteiger partial charge is 0.158 e. The van der Waals surface area contributed by atoms with Crippen LogP contribution in [0.2, 0.25) is 0 Å². The number of rotatable bonds is 11. The summed E-state index contributed by atoms with van der Waals surface area (Å²) in [6, 6.07) is 4.51. The van der Waals surface area contributed by atoms with Crippen LogP contribution in [0.4, 0.5) is 0 Å². The van der Waals surface area contributed by atoms with E-state index in [4.69, 9.17) is 14.2 Å². The zero-order chi connectivity index (χ0) is 20.5. The average molecular weight is 390 g/mol. The molecular formula is C24H39NO3. The molecule has 4 nitrogen and oxygen atoms in total. The maximum Gasteiger partial charge on any atom is 0.158 e. The molecule has 1 heterocycles. The van der Waals surface area contributed by atoms with Gasteiger partial charge in [-0.1, -0.05) is 30.7 Å². The maximum absolute atomic E-state index is 6.28. The molecule has 1 aliphatic rings. The van der Waals surface area contributed by atoms with Crippen molar-refractivity contribution in [3.8, 4) is 5.75 Å². The predicted octanol–water partition coefficient (Wildman–Crippen LogP) is 5.79. The van der Waals surface area contributed by atoms with Gasteiger partial charge in [0.05, 0.1) is 0 Å². The summed E-state index contributed by atoms with van der Waals surface area (Å²) in [5.41, 5.74) is 5.39. The first-order valence-electron chi connectivity index (χ1n) is 10.8. The molecule has 0 spiro atoms. The van der Waals surface area contributed by atoms with Crippen molar-refractivity contribution in [2.45, 2.75) is 79.6 Å². The molecule has 1 atom stereocenters. The first-order valence-corrected chi connectivity index (χ1v) is 10.8. The number of hydrogen-bond acceptors (Lipinski definition) is 4. The van der Waals surface area contributed by atoms with E-state index in [-0.39, 0.29) is 6.29 Å². The summed E-state index contributed by atoms with van der Waals surface area (Å²) in [6.45, 7) is 16.7. The van der Waals surface area contributed by atoms with Crippen LogP contribution in [0, 0.1) is 6.92 Å². The van der Waals surface area contributed by atoms with Crippen LogP contribution in [0.5, 0.6) is 5.75 Å². The third-order valence-electron chi connectivity index (χ3n) is 5.37. The van der Waals surface area contributed by atoms with Crippen molar-refractivity contribution < 1.29 is 14.2 Å². The van der Waals surface area contributed by atoms with E-state index in [1.807, 2.05) is 13.8 Å². The molecule has 1 aromatic carbocycles. The largest absolute Gasteiger partial charge is 0.477 e. The summed E-state index contributed by atoms with van der Waals surface area (Å²) in [7, 11) is 0. The lowest BCUT2D eigenvalue weighted by molar-refractivity contribution is -0.143. The van der Waals surface area contributed by atoms with Gasteiger partial charge in [0.25, 0.3) is 0 Å². The molecule has 4 heteroatoms. The molecule has 0 saturated carbocycles. The molecule has 0 N–H and O–H groups in total. The molecule has 0 radical (unpaired) electrons. The Hall–Kier alpha value is -1.36. The number of aryl methyl sites for hydroxylation is 1. The number of allylic oxidation sites excluding steroid dienone is 2. The summed E-state index contributed by atoms with van der Waals surface area (Å²) in [4.78, 5) is 2.35. The molecule has 0 fully saturated rings. The third kappa shape index (κ3) is 6.61. The minimum absolute atomic E-state index is 0.126. The van der Waals surface area contributed by atoms with Gasteiger partial charge in [0.1, 0.15) is 12.5 Å². The molecule has 1 aromatic rings. The fourth-order valence-corrected chi connectivity index (χ4v) is 3.72. The number of nitrogens with zero attached hydrogens (tertiary/aromatic N) is 1. The van der Waals surface area contributed by atoms with Gasteiger partial charge in [0, 0.05) is 38.3 Å². The SMILES string of the molecule is CCOC(CCN1COc2c([C@@H](C)CCC=C(C)C)ccc(C)c2C1)OCC. The van der Waals surface area contributed by atoms with Crippen LogP contribution in [0.1, 0.15) is 76.5 Å². The van der Waals surface area contributed by atoms with Crippen molar-refractivity contribution in [3.63, 3.8) is 0 Å².